The summed E-state index contributed by atoms with van der Waals surface area (Å²) in [6.07, 6.45) is 0.794. The molecule has 0 bridgehead atoms. The fourth-order valence-corrected chi connectivity index (χ4v) is 3.89. The number of imidazole rings is 1. The van der Waals surface area contributed by atoms with Crippen molar-refractivity contribution in [3.05, 3.63) is 28.7 Å². The molecule has 8 heteroatoms. The normalized spacial score (nSPS) is 18.2. The molecule has 1 fully saturated rings. The minimum atomic E-state index is -3.51. The van der Waals surface area contributed by atoms with E-state index in [2.05, 4.69) is 15.3 Å². The number of aromatic amines is 2. The van der Waals surface area contributed by atoms with E-state index < -0.39 is 10.0 Å². The molecule has 1 saturated heterocycles. The molecule has 1 aromatic carbocycles. The summed E-state index contributed by atoms with van der Waals surface area (Å²) in [5, 5.41) is 3.18. The van der Waals surface area contributed by atoms with Crippen LogP contribution in [0.2, 0.25) is 0 Å². The largest absolute Gasteiger partial charge is 0.323 e. The number of benzene rings is 1. The lowest BCUT2D eigenvalue weighted by atomic mass is 10.3. The molecule has 3 rings (SSSR count). The Morgan fingerprint density at radius 1 is 1.05 bits per heavy atom. The van der Waals surface area contributed by atoms with Crippen molar-refractivity contribution in [1.29, 1.82) is 0 Å². The van der Waals surface area contributed by atoms with Crippen LogP contribution in [0.15, 0.2) is 27.9 Å². The number of nitrogens with one attached hydrogen (secondary N) is 3. The van der Waals surface area contributed by atoms with E-state index in [4.69, 9.17) is 0 Å². The van der Waals surface area contributed by atoms with Crippen LogP contribution in [0.25, 0.3) is 11.0 Å². The standard InChI is InChI=1S/C12H16N4O3S/c17-12-14-10-3-2-9(8-11(10)15-12)20(18,19)16-6-1-4-13-5-7-16/h2-3,8,13H,1,4-7H2,(H2,14,15,17). The molecule has 2 heterocycles. The second-order valence-electron chi connectivity index (χ2n) is 4.79. The highest BCUT2D eigenvalue weighted by molar-refractivity contribution is 7.89. The Kier molecular flexibility index (Phi) is 3.36. The average Bonchev–Trinajstić information content (AvgIpc) is 2.63. The minimum Gasteiger partial charge on any atom is -0.315 e. The molecule has 7 nitrogen and oxygen atoms in total. The Bertz CT molecular complexity index is 769. The van der Waals surface area contributed by atoms with Gasteiger partial charge in [0, 0.05) is 19.6 Å². The van der Waals surface area contributed by atoms with Gasteiger partial charge in [0.05, 0.1) is 15.9 Å². The maximum Gasteiger partial charge on any atom is 0.323 e. The molecule has 108 valence electrons. The lowest BCUT2D eigenvalue weighted by Crippen LogP contribution is -2.34. The van der Waals surface area contributed by atoms with Crippen molar-refractivity contribution in [2.45, 2.75) is 11.3 Å². The van der Waals surface area contributed by atoms with Crippen LogP contribution in [-0.2, 0) is 10.0 Å². The molecule has 0 saturated carbocycles. The topological polar surface area (TPSA) is 98.1 Å². The molecule has 1 aliphatic rings. The maximum atomic E-state index is 12.6. The highest BCUT2D eigenvalue weighted by Gasteiger charge is 2.25. The van der Waals surface area contributed by atoms with Gasteiger partial charge in [-0.25, -0.2) is 13.2 Å². The van der Waals surface area contributed by atoms with Gasteiger partial charge in [-0.2, -0.15) is 4.31 Å². The Hall–Kier alpha value is -1.64. The van der Waals surface area contributed by atoms with Gasteiger partial charge in [-0.3, -0.25) is 0 Å². The number of hydrogen-bond donors (Lipinski definition) is 3. The van der Waals surface area contributed by atoms with Crippen LogP contribution in [0, 0.1) is 0 Å². The molecule has 1 aromatic heterocycles. The van der Waals surface area contributed by atoms with Crippen LogP contribution in [0.3, 0.4) is 0 Å². The van der Waals surface area contributed by atoms with Gasteiger partial charge in [0.15, 0.2) is 0 Å². The van der Waals surface area contributed by atoms with Crippen molar-refractivity contribution in [2.75, 3.05) is 26.2 Å². The number of hydrogen-bond acceptors (Lipinski definition) is 4. The predicted molar refractivity (Wildman–Crippen MR) is 75.2 cm³/mol. The van der Waals surface area contributed by atoms with Gasteiger partial charge in [0.25, 0.3) is 0 Å². The SMILES string of the molecule is O=c1[nH]c2ccc(S(=O)(=O)N3CCCNCC3)cc2[nH]1. The third kappa shape index (κ3) is 2.37. The summed E-state index contributed by atoms with van der Waals surface area (Å²) in [5.41, 5.74) is 0.768. The quantitative estimate of drug-likeness (QED) is 0.717. The van der Waals surface area contributed by atoms with Gasteiger partial charge in [-0.05, 0) is 31.2 Å². The van der Waals surface area contributed by atoms with Crippen LogP contribution in [-0.4, -0.2) is 48.9 Å². The molecule has 0 amide bonds. The number of fused-ring (bicyclic) bond motifs is 1. The molecule has 20 heavy (non-hydrogen) atoms. The Morgan fingerprint density at radius 3 is 2.70 bits per heavy atom. The first-order valence-electron chi connectivity index (χ1n) is 6.50. The highest BCUT2D eigenvalue weighted by Crippen LogP contribution is 2.19. The fourth-order valence-electron chi connectivity index (χ4n) is 2.38. The van der Waals surface area contributed by atoms with Gasteiger partial charge in [-0.15, -0.1) is 0 Å². The summed E-state index contributed by atoms with van der Waals surface area (Å²) in [5.74, 6) is 0. The van der Waals surface area contributed by atoms with Crippen LogP contribution in [0.4, 0.5) is 0 Å². The highest BCUT2D eigenvalue weighted by atomic mass is 32.2. The molecule has 3 N–H and O–H groups in total. The molecule has 0 atom stereocenters. The van der Waals surface area contributed by atoms with E-state index in [1.807, 2.05) is 0 Å². The van der Waals surface area contributed by atoms with Crippen molar-refractivity contribution in [2.24, 2.45) is 0 Å². The average molecular weight is 296 g/mol. The summed E-state index contributed by atoms with van der Waals surface area (Å²) < 4.78 is 26.7. The minimum absolute atomic E-state index is 0.210. The van der Waals surface area contributed by atoms with E-state index in [9.17, 15) is 13.2 Å². The lowest BCUT2D eigenvalue weighted by molar-refractivity contribution is 0.432. The molecule has 1 aliphatic heterocycles. The van der Waals surface area contributed by atoms with Gasteiger partial charge in [-0.1, -0.05) is 0 Å². The summed E-state index contributed by atoms with van der Waals surface area (Å²) in [4.78, 5) is 16.6. The molecule has 0 spiro atoms. The van der Waals surface area contributed by atoms with E-state index >= 15 is 0 Å². The Balaban J connectivity index is 2.01. The third-order valence-electron chi connectivity index (χ3n) is 3.42. The fraction of sp³-hybridized carbons (Fsp3) is 0.417. The van der Waals surface area contributed by atoms with E-state index in [0.717, 1.165) is 13.0 Å². The van der Waals surface area contributed by atoms with E-state index in [0.29, 0.717) is 30.7 Å². The predicted octanol–water partition coefficient (Wildman–Crippen LogP) is -0.160. The summed E-state index contributed by atoms with van der Waals surface area (Å²) >= 11 is 0. The molecule has 0 radical (unpaired) electrons. The summed E-state index contributed by atoms with van der Waals surface area (Å²) in [6, 6.07) is 4.64. The number of H-pyrrole nitrogens is 2. The molecule has 0 unspecified atom stereocenters. The van der Waals surface area contributed by atoms with Crippen molar-refractivity contribution >= 4 is 21.1 Å². The van der Waals surface area contributed by atoms with E-state index in [1.54, 1.807) is 6.07 Å². The first-order valence-corrected chi connectivity index (χ1v) is 7.94. The lowest BCUT2D eigenvalue weighted by Gasteiger charge is -2.19. The third-order valence-corrected chi connectivity index (χ3v) is 5.32. The second-order valence-corrected chi connectivity index (χ2v) is 6.73. The van der Waals surface area contributed by atoms with E-state index in [-0.39, 0.29) is 10.6 Å². The molecular weight excluding hydrogens is 280 g/mol. The summed E-state index contributed by atoms with van der Waals surface area (Å²) in [7, 11) is -3.51. The van der Waals surface area contributed by atoms with Crippen molar-refractivity contribution in [3.63, 3.8) is 0 Å². The Morgan fingerprint density at radius 2 is 1.85 bits per heavy atom. The van der Waals surface area contributed by atoms with Gasteiger partial charge < -0.3 is 15.3 Å². The number of nitrogens with zero attached hydrogens (tertiary/aromatic N) is 1. The van der Waals surface area contributed by atoms with Crippen molar-refractivity contribution in [3.8, 4) is 0 Å². The Labute approximate surface area is 116 Å². The van der Waals surface area contributed by atoms with Gasteiger partial charge >= 0.3 is 5.69 Å². The van der Waals surface area contributed by atoms with Crippen LogP contribution >= 0.6 is 0 Å². The monoisotopic (exact) mass is 296 g/mol. The number of sulfonamides is 1. The van der Waals surface area contributed by atoms with Crippen LogP contribution in [0.1, 0.15) is 6.42 Å². The van der Waals surface area contributed by atoms with Crippen molar-refractivity contribution < 1.29 is 8.42 Å². The zero-order valence-electron chi connectivity index (χ0n) is 10.8. The van der Waals surface area contributed by atoms with Crippen LogP contribution < -0.4 is 11.0 Å². The molecule has 2 aromatic rings. The molecular formula is C12H16N4O3S. The smallest absolute Gasteiger partial charge is 0.315 e. The second kappa shape index (κ2) is 5.04. The van der Waals surface area contributed by atoms with Gasteiger partial charge in [0.1, 0.15) is 0 Å². The van der Waals surface area contributed by atoms with E-state index in [1.165, 1.54) is 16.4 Å². The number of aromatic nitrogens is 2. The summed E-state index contributed by atoms with van der Waals surface area (Å²) in [6.45, 7) is 2.46. The molecule has 0 aliphatic carbocycles. The maximum absolute atomic E-state index is 12.6. The van der Waals surface area contributed by atoms with Crippen LogP contribution in [0.5, 0.6) is 0 Å². The van der Waals surface area contributed by atoms with Crippen molar-refractivity contribution in [1.82, 2.24) is 19.6 Å². The zero-order valence-corrected chi connectivity index (χ0v) is 11.7. The first kappa shape index (κ1) is 13.3. The zero-order chi connectivity index (χ0) is 14.2. The number of rotatable bonds is 2. The van der Waals surface area contributed by atoms with Gasteiger partial charge in [0.2, 0.25) is 10.0 Å². The first-order chi connectivity index (χ1) is 9.57.